The van der Waals surface area contributed by atoms with Gasteiger partial charge >= 0.3 is 12.1 Å². The van der Waals surface area contributed by atoms with Crippen LogP contribution in [0.4, 0.5) is 4.79 Å². The Morgan fingerprint density at radius 2 is 1.92 bits per heavy atom. The Labute approximate surface area is 143 Å². The van der Waals surface area contributed by atoms with E-state index in [1.807, 2.05) is 18.2 Å². The summed E-state index contributed by atoms with van der Waals surface area (Å²) < 4.78 is 10.8. The SMILES string of the molecule is C=C1CCC(OC(=O)C(NC(=O)OC(C)(C)C)c2ccccc2)C1. The summed E-state index contributed by atoms with van der Waals surface area (Å²) in [4.78, 5) is 24.7. The van der Waals surface area contributed by atoms with E-state index in [-0.39, 0.29) is 6.10 Å². The molecular weight excluding hydrogens is 306 g/mol. The van der Waals surface area contributed by atoms with Gasteiger partial charge in [0, 0.05) is 6.42 Å². The van der Waals surface area contributed by atoms with Crippen molar-refractivity contribution in [2.24, 2.45) is 0 Å². The van der Waals surface area contributed by atoms with E-state index in [4.69, 9.17) is 9.47 Å². The topological polar surface area (TPSA) is 64.6 Å². The molecule has 0 aliphatic heterocycles. The Balaban J connectivity index is 2.09. The van der Waals surface area contributed by atoms with Gasteiger partial charge in [-0.05, 0) is 39.2 Å². The van der Waals surface area contributed by atoms with Gasteiger partial charge in [-0.25, -0.2) is 9.59 Å². The average Bonchev–Trinajstić information content (AvgIpc) is 2.89. The second kappa shape index (κ2) is 7.51. The Hall–Kier alpha value is -2.30. The number of hydrogen-bond acceptors (Lipinski definition) is 4. The molecule has 2 unspecified atom stereocenters. The van der Waals surface area contributed by atoms with Gasteiger partial charge in [-0.3, -0.25) is 0 Å². The Bertz CT molecular complexity index is 604. The van der Waals surface area contributed by atoms with Gasteiger partial charge in [-0.15, -0.1) is 0 Å². The van der Waals surface area contributed by atoms with Crippen molar-refractivity contribution < 1.29 is 19.1 Å². The number of benzene rings is 1. The van der Waals surface area contributed by atoms with Gasteiger partial charge in [0.05, 0.1) is 0 Å². The van der Waals surface area contributed by atoms with Crippen molar-refractivity contribution >= 4 is 12.1 Å². The van der Waals surface area contributed by atoms with Gasteiger partial charge in [-0.1, -0.05) is 42.5 Å². The number of ether oxygens (including phenoxy) is 2. The minimum absolute atomic E-state index is 0.170. The number of alkyl carbamates (subject to hydrolysis) is 1. The third-order valence-electron chi connectivity index (χ3n) is 3.65. The Morgan fingerprint density at radius 3 is 2.46 bits per heavy atom. The Kier molecular flexibility index (Phi) is 5.65. The highest BCUT2D eigenvalue weighted by molar-refractivity contribution is 5.83. The highest BCUT2D eigenvalue weighted by Gasteiger charge is 2.30. The molecule has 5 heteroatoms. The first-order valence-electron chi connectivity index (χ1n) is 8.16. The second-order valence-corrected chi connectivity index (χ2v) is 7.04. The molecular formula is C19H25NO4. The van der Waals surface area contributed by atoms with Crippen molar-refractivity contribution in [3.05, 3.63) is 48.0 Å². The smallest absolute Gasteiger partial charge is 0.408 e. The van der Waals surface area contributed by atoms with E-state index in [2.05, 4.69) is 11.9 Å². The standard InChI is InChI=1S/C19H25NO4/c1-13-10-11-15(12-13)23-17(21)16(14-8-6-5-7-9-14)20-18(22)24-19(2,3)4/h5-9,15-16H,1,10-12H2,2-4H3,(H,20,22). The molecule has 2 atom stereocenters. The first kappa shape index (κ1) is 18.0. The van der Waals surface area contributed by atoms with E-state index in [1.165, 1.54) is 0 Å². The third kappa shape index (κ3) is 5.41. The van der Waals surface area contributed by atoms with Crippen LogP contribution in [0.25, 0.3) is 0 Å². The minimum Gasteiger partial charge on any atom is -0.460 e. The van der Waals surface area contributed by atoms with Crippen molar-refractivity contribution in [1.82, 2.24) is 5.32 Å². The fourth-order valence-electron chi connectivity index (χ4n) is 2.57. The highest BCUT2D eigenvalue weighted by atomic mass is 16.6. The molecule has 24 heavy (non-hydrogen) atoms. The quantitative estimate of drug-likeness (QED) is 0.671. The first-order valence-corrected chi connectivity index (χ1v) is 8.16. The van der Waals surface area contributed by atoms with Gasteiger partial charge in [0.2, 0.25) is 0 Å². The number of carbonyl (C=O) groups excluding carboxylic acids is 2. The molecule has 1 aromatic rings. The number of esters is 1. The lowest BCUT2D eigenvalue weighted by atomic mass is 10.1. The summed E-state index contributed by atoms with van der Waals surface area (Å²) >= 11 is 0. The van der Waals surface area contributed by atoms with Gasteiger partial charge in [0.25, 0.3) is 0 Å². The van der Waals surface area contributed by atoms with Crippen LogP contribution in [0.2, 0.25) is 0 Å². The predicted molar refractivity (Wildman–Crippen MR) is 91.4 cm³/mol. The van der Waals surface area contributed by atoms with E-state index >= 15 is 0 Å². The molecule has 130 valence electrons. The van der Waals surface area contributed by atoms with Gasteiger partial charge in [0.15, 0.2) is 6.04 Å². The molecule has 0 radical (unpaired) electrons. The number of carbonyl (C=O) groups is 2. The minimum atomic E-state index is -0.894. The molecule has 0 spiro atoms. The zero-order valence-corrected chi connectivity index (χ0v) is 14.5. The highest BCUT2D eigenvalue weighted by Crippen LogP contribution is 2.27. The maximum absolute atomic E-state index is 12.6. The van der Waals surface area contributed by atoms with E-state index in [0.29, 0.717) is 12.0 Å². The lowest BCUT2D eigenvalue weighted by molar-refractivity contribution is -0.151. The maximum Gasteiger partial charge on any atom is 0.408 e. The van der Waals surface area contributed by atoms with Crippen LogP contribution in [-0.2, 0) is 14.3 Å². The summed E-state index contributed by atoms with van der Waals surface area (Å²) in [5.74, 6) is -0.480. The molecule has 0 heterocycles. The summed E-state index contributed by atoms with van der Waals surface area (Å²) in [6, 6.07) is 8.12. The Morgan fingerprint density at radius 1 is 1.25 bits per heavy atom. The van der Waals surface area contributed by atoms with E-state index in [0.717, 1.165) is 18.4 Å². The molecule has 1 fully saturated rings. The zero-order chi connectivity index (χ0) is 17.7. The van der Waals surface area contributed by atoms with Crippen LogP contribution >= 0.6 is 0 Å². The summed E-state index contributed by atoms with van der Waals surface area (Å²) in [5.41, 5.74) is 1.10. The van der Waals surface area contributed by atoms with Crippen LogP contribution in [0.5, 0.6) is 0 Å². The van der Waals surface area contributed by atoms with Crippen LogP contribution < -0.4 is 5.32 Å². The van der Waals surface area contributed by atoms with E-state index in [9.17, 15) is 9.59 Å². The molecule has 1 aromatic carbocycles. The van der Waals surface area contributed by atoms with Crippen LogP contribution in [0, 0.1) is 0 Å². The van der Waals surface area contributed by atoms with Crippen LogP contribution in [0.15, 0.2) is 42.5 Å². The number of nitrogens with one attached hydrogen (secondary N) is 1. The first-order chi connectivity index (χ1) is 11.2. The lowest BCUT2D eigenvalue weighted by Crippen LogP contribution is -2.39. The summed E-state index contributed by atoms with van der Waals surface area (Å²) in [6.45, 7) is 9.23. The van der Waals surface area contributed by atoms with Gasteiger partial charge < -0.3 is 14.8 Å². The van der Waals surface area contributed by atoms with Crippen LogP contribution in [0.3, 0.4) is 0 Å². The summed E-state index contributed by atoms with van der Waals surface area (Å²) in [7, 11) is 0. The zero-order valence-electron chi connectivity index (χ0n) is 14.5. The molecule has 2 rings (SSSR count). The molecule has 0 saturated heterocycles. The van der Waals surface area contributed by atoms with Crippen molar-refractivity contribution in [3.8, 4) is 0 Å². The molecule has 1 aliphatic rings. The third-order valence-corrected chi connectivity index (χ3v) is 3.65. The van der Waals surface area contributed by atoms with Gasteiger partial charge in [-0.2, -0.15) is 0 Å². The van der Waals surface area contributed by atoms with Crippen molar-refractivity contribution in [2.45, 2.75) is 57.8 Å². The molecule has 1 aliphatic carbocycles. The summed E-state index contributed by atoms with van der Waals surface area (Å²) in [5, 5.41) is 2.62. The van der Waals surface area contributed by atoms with Gasteiger partial charge in [0.1, 0.15) is 11.7 Å². The largest absolute Gasteiger partial charge is 0.460 e. The molecule has 5 nitrogen and oxygen atoms in total. The molecule has 1 saturated carbocycles. The van der Waals surface area contributed by atoms with E-state index in [1.54, 1.807) is 32.9 Å². The van der Waals surface area contributed by atoms with E-state index < -0.39 is 23.7 Å². The van der Waals surface area contributed by atoms with Crippen molar-refractivity contribution in [1.29, 1.82) is 0 Å². The normalized spacial score (nSPS) is 18.8. The predicted octanol–water partition coefficient (Wildman–Crippen LogP) is 3.90. The lowest BCUT2D eigenvalue weighted by Gasteiger charge is -2.24. The van der Waals surface area contributed by atoms with Crippen LogP contribution in [0.1, 0.15) is 51.6 Å². The molecule has 0 bridgehead atoms. The average molecular weight is 331 g/mol. The van der Waals surface area contributed by atoms with Crippen LogP contribution in [-0.4, -0.2) is 23.8 Å². The maximum atomic E-state index is 12.6. The fourth-order valence-corrected chi connectivity index (χ4v) is 2.57. The summed E-state index contributed by atoms with van der Waals surface area (Å²) in [6.07, 6.45) is 1.51. The second-order valence-electron chi connectivity index (χ2n) is 7.04. The molecule has 1 amide bonds. The number of rotatable bonds is 4. The molecule has 0 aromatic heterocycles. The molecule has 1 N–H and O–H groups in total. The number of amides is 1. The number of hydrogen-bond donors (Lipinski definition) is 1. The van der Waals surface area contributed by atoms with Crippen molar-refractivity contribution in [2.75, 3.05) is 0 Å². The fraction of sp³-hybridized carbons (Fsp3) is 0.474. The monoisotopic (exact) mass is 331 g/mol. The van der Waals surface area contributed by atoms with Crippen molar-refractivity contribution in [3.63, 3.8) is 0 Å².